The minimum atomic E-state index is -10.7. The molecule has 2 aliphatic heterocycles. The van der Waals surface area contributed by atoms with Crippen molar-refractivity contribution in [3.05, 3.63) is 109 Å². The van der Waals surface area contributed by atoms with Crippen LogP contribution in [0.2, 0.25) is 0 Å². The van der Waals surface area contributed by atoms with E-state index in [4.69, 9.17) is 18.9 Å². The molecular formula is C50H66F12N8O10P2. The number of hydrogen-bond donors (Lipinski definition) is 2. The summed E-state index contributed by atoms with van der Waals surface area (Å²) in [5.74, 6) is -1.71. The van der Waals surface area contributed by atoms with E-state index in [1.807, 2.05) is 130 Å². The van der Waals surface area contributed by atoms with Gasteiger partial charge >= 0.3 is 90.1 Å². The van der Waals surface area contributed by atoms with E-state index in [9.17, 15) is 79.1 Å². The summed E-state index contributed by atoms with van der Waals surface area (Å²) in [6.45, 7) is 1.48. The van der Waals surface area contributed by atoms with Gasteiger partial charge in [0, 0.05) is 37.8 Å². The molecule has 2 N–H and O–H groups in total. The van der Waals surface area contributed by atoms with Crippen molar-refractivity contribution in [1.29, 1.82) is 0 Å². The average molecular weight is 1230 g/mol. The van der Waals surface area contributed by atoms with Gasteiger partial charge < -0.3 is 29.6 Å². The van der Waals surface area contributed by atoms with Crippen molar-refractivity contribution in [2.75, 3.05) is 13.1 Å². The Labute approximate surface area is 463 Å². The molecule has 3 aliphatic rings. The summed E-state index contributed by atoms with van der Waals surface area (Å²) in [5.41, 5.74) is 1.56. The molecule has 2 aromatic carbocycles. The number of aromatic nitrogens is 4. The molecule has 0 bridgehead atoms. The third-order valence-electron chi connectivity index (χ3n) is 12.8. The molecular weight excluding hydrogens is 1160 g/mol. The van der Waals surface area contributed by atoms with Crippen LogP contribution in [0.1, 0.15) is 88.2 Å². The van der Waals surface area contributed by atoms with Crippen LogP contribution in [0.25, 0.3) is 0 Å². The Balaban J connectivity index is 0.000000781. The zero-order chi connectivity index (χ0) is 60.6. The zero-order valence-corrected chi connectivity index (χ0v) is 46.4. The predicted octanol–water partition coefficient (Wildman–Crippen LogP) is 10.9. The van der Waals surface area contributed by atoms with E-state index in [2.05, 4.69) is 10.6 Å². The first-order valence-corrected chi connectivity index (χ1v) is 30.0. The van der Waals surface area contributed by atoms with Crippen molar-refractivity contribution in [3.8, 4) is 0 Å². The van der Waals surface area contributed by atoms with Gasteiger partial charge in [-0.15, -0.1) is 0 Å². The average Bonchev–Trinajstić information content (AvgIpc) is 4.24. The number of rotatable bonds is 20. The molecule has 18 nitrogen and oxygen atoms in total. The van der Waals surface area contributed by atoms with Crippen molar-refractivity contribution in [2.45, 2.75) is 140 Å². The number of esters is 2. The molecule has 4 heterocycles. The van der Waals surface area contributed by atoms with Gasteiger partial charge in [-0.1, -0.05) is 73.5 Å². The fourth-order valence-corrected chi connectivity index (χ4v) is 9.19. The summed E-state index contributed by atoms with van der Waals surface area (Å²) in [5, 5.41) is 6.23. The van der Waals surface area contributed by atoms with Crippen LogP contribution in [-0.4, -0.2) is 104 Å². The first kappa shape index (κ1) is 66.1. The molecule has 6 atom stereocenters. The Bertz CT molecular complexity index is 2590. The number of halogens is 12. The summed E-state index contributed by atoms with van der Waals surface area (Å²) < 4.78 is 149. The number of nitrogens with zero attached hydrogens (tertiary/aromatic N) is 6. The number of aryl methyl sites for hydroxylation is 4. The summed E-state index contributed by atoms with van der Waals surface area (Å²) in [4.78, 5) is 84.5. The summed E-state index contributed by atoms with van der Waals surface area (Å²) in [7, 11) is -17.4. The van der Waals surface area contributed by atoms with Gasteiger partial charge in [0.15, 0.2) is 0 Å². The quantitative estimate of drug-likeness (QED) is 0.0215. The van der Waals surface area contributed by atoms with Gasteiger partial charge in [-0.25, -0.2) is 27.9 Å². The Morgan fingerprint density at radius 1 is 0.537 bits per heavy atom. The molecule has 0 unspecified atom stereocenters. The molecule has 82 heavy (non-hydrogen) atoms. The van der Waals surface area contributed by atoms with Crippen LogP contribution < -0.4 is 19.8 Å². The SMILES string of the molecule is C[n+]1ccn(CCCCC(=O)O[C@@H]2C[C@@H](C(=O)N[C@@H]3CCCC[C@H]3NC(=O)[C@@H]3C[C@@H](OC(=O)CCCCn4cc[n+](C)c4)CN3C(=O)OCc3ccccc3)N(C(=O)OCc3ccccc3)C2)c1.F[P-](F)(F)(F)(F)F.F[P-](F)(F)(F)(F)F. The van der Waals surface area contributed by atoms with Gasteiger partial charge in [0.1, 0.15) is 62.3 Å². The fraction of sp³-hybridized carbons (Fsp3) is 0.520. The number of carbonyl (C=O) groups excluding carboxylic acids is 6. The summed E-state index contributed by atoms with van der Waals surface area (Å²) in [6, 6.07) is 15.4. The molecule has 1 saturated carbocycles. The number of unbranched alkanes of at least 4 members (excludes halogenated alkanes) is 2. The number of imidazole rings is 2. The molecule has 1 aliphatic carbocycles. The minimum absolute atomic E-state index is 0.00282. The summed E-state index contributed by atoms with van der Waals surface area (Å²) >= 11 is 0. The molecule has 7 rings (SSSR count). The van der Waals surface area contributed by atoms with Crippen LogP contribution in [0.3, 0.4) is 0 Å². The number of amides is 4. The van der Waals surface area contributed by atoms with Gasteiger partial charge in [0.05, 0.1) is 40.3 Å². The van der Waals surface area contributed by atoms with Crippen LogP contribution in [-0.2, 0) is 78.5 Å². The van der Waals surface area contributed by atoms with Gasteiger partial charge in [0.25, 0.3) is 0 Å². The van der Waals surface area contributed by atoms with E-state index < -0.39 is 87.9 Å². The summed E-state index contributed by atoms with van der Waals surface area (Å²) in [6.07, 6.45) is 14.9. The number of hydrogen-bond acceptors (Lipinski definition) is 10. The normalized spacial score (nSPS) is 21.5. The first-order chi connectivity index (χ1) is 37.9. The van der Waals surface area contributed by atoms with E-state index in [1.54, 1.807) is 0 Å². The molecule has 2 saturated heterocycles. The number of likely N-dealkylation sites (tertiary alicyclic amines) is 2. The van der Waals surface area contributed by atoms with Crippen molar-refractivity contribution in [1.82, 2.24) is 29.6 Å². The maximum atomic E-state index is 14.3. The second-order valence-corrected chi connectivity index (χ2v) is 23.9. The molecule has 4 aromatic rings. The Hall–Kier alpha value is -6.70. The predicted molar refractivity (Wildman–Crippen MR) is 272 cm³/mol. The van der Waals surface area contributed by atoms with Gasteiger partial charge in [-0.2, -0.15) is 0 Å². The van der Waals surface area contributed by atoms with Crippen molar-refractivity contribution in [3.63, 3.8) is 0 Å². The second-order valence-electron chi connectivity index (χ2n) is 20.1. The van der Waals surface area contributed by atoms with Crippen molar-refractivity contribution in [2.24, 2.45) is 14.1 Å². The first-order valence-electron chi connectivity index (χ1n) is 26.0. The second kappa shape index (κ2) is 26.3. The van der Waals surface area contributed by atoms with Crippen LogP contribution >= 0.6 is 15.6 Å². The molecule has 0 spiro atoms. The van der Waals surface area contributed by atoms with Crippen molar-refractivity contribution >= 4 is 51.6 Å². The number of benzene rings is 2. The molecule has 32 heteroatoms. The third kappa shape index (κ3) is 27.4. The van der Waals surface area contributed by atoms with E-state index >= 15 is 0 Å². The monoisotopic (exact) mass is 1230 g/mol. The maximum absolute atomic E-state index is 14.3. The standard InChI is InChI=1S/C50H64N8O10.2F6P/c1-53-25-27-55(35-53)23-13-11-21-45(59)67-39-29-43(57(31-39)49(63)65-33-37-15-5-3-6-16-37)47(61)51-41-19-9-10-20-42(41)52-48(62)44-30-40(32-58(44)50(64)66-34-38-17-7-4-8-18-38)68-46(60)22-12-14-24-56-28-26-54(2)36-56;2*1-7(2,3,4,5)6/h3-8,15-18,25-28,35-36,39-44H,9-14,19-24,29-34H2,1-2H3;;/q;2*-1/p+2/t39-,40-,41-,42-,43+,44+;;/m1../s1. The zero-order valence-electron chi connectivity index (χ0n) is 44.6. The van der Waals surface area contributed by atoms with Crippen LogP contribution in [0.15, 0.2) is 98.1 Å². The van der Waals surface area contributed by atoms with Gasteiger partial charge in [-0.3, -0.25) is 29.0 Å². The van der Waals surface area contributed by atoms with Crippen LogP contribution in [0.4, 0.5) is 60.0 Å². The fourth-order valence-electron chi connectivity index (χ4n) is 9.19. The number of ether oxygens (including phenoxy) is 4. The molecule has 4 amide bonds. The van der Waals surface area contributed by atoms with E-state index in [0.29, 0.717) is 25.7 Å². The van der Waals surface area contributed by atoms with Gasteiger partial charge in [0.2, 0.25) is 24.5 Å². The van der Waals surface area contributed by atoms with E-state index in [-0.39, 0.29) is 52.0 Å². The number of nitrogens with one attached hydrogen (secondary N) is 2. The van der Waals surface area contributed by atoms with Crippen LogP contribution in [0.5, 0.6) is 0 Å². The van der Waals surface area contributed by atoms with Gasteiger partial charge in [-0.05, 0) is 49.7 Å². The van der Waals surface area contributed by atoms with Crippen molar-refractivity contribution < 1.29 is 107 Å². The molecule has 0 radical (unpaired) electrons. The Morgan fingerprint density at radius 3 is 1.20 bits per heavy atom. The van der Waals surface area contributed by atoms with Crippen LogP contribution in [0, 0.1) is 0 Å². The molecule has 2 aromatic heterocycles. The third-order valence-corrected chi connectivity index (χ3v) is 12.8. The molecule has 460 valence electrons. The van der Waals surface area contributed by atoms with E-state index in [0.717, 1.165) is 49.9 Å². The Morgan fingerprint density at radius 2 is 0.878 bits per heavy atom. The molecule has 3 fully saturated rings. The Kier molecular flexibility index (Phi) is 21.2. The topological polar surface area (TPSA) is 188 Å². The van der Waals surface area contributed by atoms with E-state index in [1.165, 1.54) is 9.80 Å². The number of carbonyl (C=O) groups is 6.